The highest BCUT2D eigenvalue weighted by atomic mass is 16.5. The number of carbonyl (C=O) groups is 3. The van der Waals surface area contributed by atoms with Crippen LogP contribution in [0.1, 0.15) is 25.6 Å². The lowest BCUT2D eigenvalue weighted by molar-refractivity contribution is -0.157. The molecule has 0 aliphatic carbocycles. The third-order valence-corrected chi connectivity index (χ3v) is 6.82. The van der Waals surface area contributed by atoms with Gasteiger partial charge in [0, 0.05) is 11.8 Å². The number of ketones is 1. The molecule has 1 aromatic heterocycles. The van der Waals surface area contributed by atoms with Crippen LogP contribution in [0.2, 0.25) is 0 Å². The zero-order valence-electron chi connectivity index (χ0n) is 15.3. The van der Waals surface area contributed by atoms with Gasteiger partial charge in [-0.25, -0.2) is 0 Å². The second-order valence-corrected chi connectivity index (χ2v) is 7.95. The molecule has 0 radical (unpaired) electrons. The maximum atomic E-state index is 13.6. The Morgan fingerprint density at radius 3 is 2.70 bits per heavy atom. The molecular weight excluding hydrogens is 350 g/mol. The lowest BCUT2D eigenvalue weighted by Crippen LogP contribution is -2.58. The summed E-state index contributed by atoms with van der Waals surface area (Å²) in [6.07, 6.45) is 4.76. The highest BCUT2D eigenvalue weighted by Crippen LogP contribution is 2.60. The van der Waals surface area contributed by atoms with Gasteiger partial charge in [-0.2, -0.15) is 0 Å². The van der Waals surface area contributed by atoms with Crippen molar-refractivity contribution in [2.45, 2.75) is 37.6 Å². The Balaban J connectivity index is 1.67. The van der Waals surface area contributed by atoms with Crippen LogP contribution in [0.25, 0.3) is 0 Å². The maximum Gasteiger partial charge on any atom is 0.312 e. The number of furan rings is 1. The number of amides is 1. The Kier molecular flexibility index (Phi) is 3.30. The molecule has 3 saturated heterocycles. The van der Waals surface area contributed by atoms with E-state index in [1.807, 2.05) is 26.0 Å². The van der Waals surface area contributed by atoms with Crippen molar-refractivity contribution >= 4 is 17.7 Å². The quantitative estimate of drug-likeness (QED) is 0.578. The van der Waals surface area contributed by atoms with Crippen LogP contribution in [0.15, 0.2) is 35.0 Å². The van der Waals surface area contributed by atoms with Crippen molar-refractivity contribution in [1.29, 1.82) is 0 Å². The average Bonchev–Trinajstić information content (AvgIpc) is 3.42. The van der Waals surface area contributed by atoms with Crippen LogP contribution >= 0.6 is 0 Å². The van der Waals surface area contributed by atoms with E-state index in [0.29, 0.717) is 5.76 Å². The molecule has 0 unspecified atom stereocenters. The van der Waals surface area contributed by atoms with Crippen LogP contribution in [0.3, 0.4) is 0 Å². The molecule has 5 rings (SSSR count). The van der Waals surface area contributed by atoms with Crippen molar-refractivity contribution in [1.82, 2.24) is 4.90 Å². The molecule has 0 saturated carbocycles. The third-order valence-electron chi connectivity index (χ3n) is 6.82. The molecule has 5 heterocycles. The highest BCUT2D eigenvalue weighted by molar-refractivity contribution is 5.96. The van der Waals surface area contributed by atoms with Gasteiger partial charge in [-0.1, -0.05) is 26.0 Å². The van der Waals surface area contributed by atoms with E-state index in [1.165, 1.54) is 7.11 Å². The molecule has 7 nitrogen and oxygen atoms in total. The molecule has 7 heteroatoms. The first kappa shape index (κ1) is 16.7. The molecule has 1 spiro atoms. The molecule has 2 bridgehead atoms. The molecule has 3 fully saturated rings. The monoisotopic (exact) mass is 371 g/mol. The van der Waals surface area contributed by atoms with E-state index in [-0.39, 0.29) is 11.7 Å². The number of Topliss-reactive ketones (excluding diaryl/α,β-unsaturated/α-hetero) is 1. The summed E-state index contributed by atoms with van der Waals surface area (Å²) >= 11 is 0. The second-order valence-electron chi connectivity index (χ2n) is 7.95. The minimum atomic E-state index is -0.972. The summed E-state index contributed by atoms with van der Waals surface area (Å²) in [5, 5.41) is 0. The maximum absolute atomic E-state index is 13.6. The van der Waals surface area contributed by atoms with Gasteiger partial charge in [0.2, 0.25) is 5.91 Å². The smallest absolute Gasteiger partial charge is 0.312 e. The van der Waals surface area contributed by atoms with Crippen LogP contribution in [0.4, 0.5) is 0 Å². The van der Waals surface area contributed by atoms with Crippen molar-refractivity contribution in [3.8, 4) is 0 Å². The lowest BCUT2D eigenvalue weighted by atomic mass is 9.69. The van der Waals surface area contributed by atoms with E-state index in [1.54, 1.807) is 23.3 Å². The average molecular weight is 371 g/mol. The lowest BCUT2D eigenvalue weighted by Gasteiger charge is -2.46. The summed E-state index contributed by atoms with van der Waals surface area (Å²) in [5.74, 6) is -2.15. The van der Waals surface area contributed by atoms with Crippen molar-refractivity contribution in [2.75, 3.05) is 7.11 Å². The van der Waals surface area contributed by atoms with Gasteiger partial charge in [-0.3, -0.25) is 14.4 Å². The van der Waals surface area contributed by atoms with Gasteiger partial charge < -0.3 is 18.8 Å². The summed E-state index contributed by atoms with van der Waals surface area (Å²) in [5.41, 5.74) is -0.972. The van der Waals surface area contributed by atoms with Crippen molar-refractivity contribution < 1.29 is 28.3 Å². The molecule has 142 valence electrons. The van der Waals surface area contributed by atoms with Crippen molar-refractivity contribution in [3.63, 3.8) is 0 Å². The molecular formula is C20H21NO6. The summed E-state index contributed by atoms with van der Waals surface area (Å²) in [6, 6.07) is 2.56. The van der Waals surface area contributed by atoms with Crippen molar-refractivity contribution in [2.24, 2.45) is 23.7 Å². The van der Waals surface area contributed by atoms with Gasteiger partial charge >= 0.3 is 5.97 Å². The number of hydrogen-bond donors (Lipinski definition) is 0. The number of ether oxygens (including phenoxy) is 2. The SMILES string of the molecule is COC(=O)[C@H]1[C@H]2C=C[C@@]3(O2)[C@@H]2[C@H](C)C(=O)[C@H](C)[C@@H](c4ccco4)N2C(=O)[C@@H]13. The Morgan fingerprint density at radius 2 is 2.04 bits per heavy atom. The second kappa shape index (κ2) is 5.32. The normalized spacial score (nSPS) is 44.6. The first-order valence-corrected chi connectivity index (χ1v) is 9.26. The molecule has 0 N–H and O–H groups in total. The van der Waals surface area contributed by atoms with Crippen LogP contribution in [-0.4, -0.2) is 47.4 Å². The van der Waals surface area contributed by atoms with E-state index in [2.05, 4.69) is 0 Å². The van der Waals surface area contributed by atoms with Crippen LogP contribution < -0.4 is 0 Å². The van der Waals surface area contributed by atoms with Crippen molar-refractivity contribution in [3.05, 3.63) is 36.3 Å². The summed E-state index contributed by atoms with van der Waals surface area (Å²) in [4.78, 5) is 40.8. The Bertz CT molecular complexity index is 860. The van der Waals surface area contributed by atoms with Crippen LogP contribution in [-0.2, 0) is 23.9 Å². The predicted octanol–water partition coefficient (Wildman–Crippen LogP) is 1.50. The summed E-state index contributed by atoms with van der Waals surface area (Å²) in [6.45, 7) is 3.67. The Morgan fingerprint density at radius 1 is 1.26 bits per heavy atom. The van der Waals surface area contributed by atoms with E-state index >= 15 is 0 Å². The molecule has 4 aliphatic heterocycles. The number of hydrogen-bond acceptors (Lipinski definition) is 6. The highest BCUT2D eigenvalue weighted by Gasteiger charge is 2.75. The standard InChI is InChI=1S/C20H21NO6/c1-9-15(12-5-4-8-26-12)21-17(10(2)16(9)22)20-7-6-11(27-20)13(19(24)25-3)14(20)18(21)23/h4-11,13-15,17H,1-3H3/t9-,10-,11-,13+,14-,15+,17+,20+/m1/s1. The molecule has 27 heavy (non-hydrogen) atoms. The zero-order chi connectivity index (χ0) is 19.1. The van der Waals surface area contributed by atoms with E-state index < -0.39 is 53.4 Å². The van der Waals surface area contributed by atoms with Gasteiger partial charge in [-0.05, 0) is 12.1 Å². The van der Waals surface area contributed by atoms with Crippen LogP contribution in [0.5, 0.6) is 0 Å². The molecule has 4 aliphatic rings. The number of nitrogens with zero attached hydrogens (tertiary/aromatic N) is 1. The van der Waals surface area contributed by atoms with E-state index in [4.69, 9.17) is 13.9 Å². The largest absolute Gasteiger partial charge is 0.469 e. The minimum Gasteiger partial charge on any atom is -0.469 e. The number of methoxy groups -OCH3 is 1. The number of esters is 1. The van der Waals surface area contributed by atoms with Gasteiger partial charge in [0.25, 0.3) is 0 Å². The Hall–Kier alpha value is -2.41. The first-order chi connectivity index (χ1) is 12.9. The zero-order valence-corrected chi connectivity index (χ0v) is 15.3. The first-order valence-electron chi connectivity index (χ1n) is 9.26. The van der Waals surface area contributed by atoms with Gasteiger partial charge in [0.05, 0.1) is 37.5 Å². The summed E-state index contributed by atoms with van der Waals surface area (Å²) in [7, 11) is 1.32. The fraction of sp³-hybridized carbons (Fsp3) is 0.550. The van der Waals surface area contributed by atoms with Gasteiger partial charge in [0.15, 0.2) is 0 Å². The Labute approximate surface area is 156 Å². The van der Waals surface area contributed by atoms with Crippen LogP contribution in [0, 0.1) is 23.7 Å². The molecule has 1 amide bonds. The van der Waals surface area contributed by atoms with E-state index in [0.717, 1.165) is 0 Å². The number of rotatable bonds is 2. The predicted molar refractivity (Wildman–Crippen MR) is 91.2 cm³/mol. The van der Waals surface area contributed by atoms with Gasteiger partial charge in [-0.15, -0.1) is 0 Å². The molecule has 8 atom stereocenters. The molecule has 1 aromatic rings. The third kappa shape index (κ3) is 1.83. The number of carbonyl (C=O) groups excluding carboxylic acids is 3. The fourth-order valence-electron chi connectivity index (χ4n) is 5.77. The van der Waals surface area contributed by atoms with E-state index in [9.17, 15) is 14.4 Å². The fourth-order valence-corrected chi connectivity index (χ4v) is 5.77. The minimum absolute atomic E-state index is 0.0717. The number of fused-ring (bicyclic) bond motifs is 2. The number of piperidine rings is 1. The molecule has 0 aromatic carbocycles. The van der Waals surface area contributed by atoms with Gasteiger partial charge in [0.1, 0.15) is 23.1 Å². The topological polar surface area (TPSA) is 86.1 Å². The summed E-state index contributed by atoms with van der Waals surface area (Å²) < 4.78 is 16.8.